The second kappa shape index (κ2) is 5.57. The van der Waals surface area contributed by atoms with Crippen LogP contribution in [-0.4, -0.2) is 0 Å². The maximum Gasteiger partial charge on any atom is 0.151 e. The average molecular weight is 367 g/mol. The van der Waals surface area contributed by atoms with E-state index in [1.807, 2.05) is 6.07 Å². The van der Waals surface area contributed by atoms with Gasteiger partial charge < -0.3 is 10.5 Å². The highest BCUT2D eigenvalue weighted by Gasteiger charge is 2.09. The van der Waals surface area contributed by atoms with Crippen molar-refractivity contribution in [3.05, 3.63) is 49.9 Å². The van der Waals surface area contributed by atoms with E-state index in [0.29, 0.717) is 32.3 Å². The summed E-state index contributed by atoms with van der Waals surface area (Å²) in [7, 11) is 0. The lowest BCUT2D eigenvalue weighted by Crippen LogP contribution is -1.93. The van der Waals surface area contributed by atoms with E-state index >= 15 is 0 Å². The van der Waals surface area contributed by atoms with Crippen molar-refractivity contribution >= 4 is 56.4 Å². The van der Waals surface area contributed by atoms with Crippen LogP contribution in [0.4, 0.5) is 5.69 Å². The van der Waals surface area contributed by atoms with Crippen LogP contribution in [0.5, 0.6) is 11.5 Å². The Balaban J connectivity index is 2.40. The Labute approximate surface area is 128 Å². The zero-order valence-corrected chi connectivity index (χ0v) is 12.7. The van der Waals surface area contributed by atoms with Crippen molar-refractivity contribution < 1.29 is 4.74 Å². The minimum absolute atomic E-state index is 0.368. The number of anilines is 1. The van der Waals surface area contributed by atoms with Gasteiger partial charge in [-0.05, 0) is 24.3 Å². The smallest absolute Gasteiger partial charge is 0.151 e. The number of ether oxygens (including phenoxy) is 1. The SMILES string of the molecule is Nc1cc(Cl)c(Cl)cc1Oc1cc(Br)ccc1Cl. The first-order chi connectivity index (χ1) is 8.47. The number of nitrogens with two attached hydrogens (primary N) is 1. The van der Waals surface area contributed by atoms with Crippen LogP contribution in [0.25, 0.3) is 0 Å². The first-order valence-corrected chi connectivity index (χ1v) is 6.77. The summed E-state index contributed by atoms with van der Waals surface area (Å²) >= 11 is 21.1. The Morgan fingerprint density at radius 1 is 0.889 bits per heavy atom. The predicted molar refractivity (Wildman–Crippen MR) is 80.1 cm³/mol. The molecule has 0 aliphatic carbocycles. The standard InChI is InChI=1S/C12H7BrCl3NO/c13-6-1-2-7(14)11(3-6)18-12-5-9(16)8(15)4-10(12)17/h1-5H,17H2. The summed E-state index contributed by atoms with van der Waals surface area (Å²) in [6, 6.07) is 8.36. The first-order valence-electron chi connectivity index (χ1n) is 4.85. The van der Waals surface area contributed by atoms with E-state index < -0.39 is 0 Å². The molecule has 0 amide bonds. The molecule has 0 radical (unpaired) electrons. The molecule has 0 fully saturated rings. The molecule has 0 bridgehead atoms. The van der Waals surface area contributed by atoms with Crippen LogP contribution in [0.2, 0.25) is 15.1 Å². The summed E-state index contributed by atoms with van der Waals surface area (Å²) in [5.41, 5.74) is 6.19. The molecule has 6 heteroatoms. The quantitative estimate of drug-likeness (QED) is 0.683. The van der Waals surface area contributed by atoms with Crippen molar-refractivity contribution in [2.24, 2.45) is 0 Å². The number of nitrogen functional groups attached to an aromatic ring is 1. The number of halogens is 4. The van der Waals surface area contributed by atoms with Crippen LogP contribution < -0.4 is 10.5 Å². The molecule has 2 rings (SSSR count). The lowest BCUT2D eigenvalue weighted by Gasteiger charge is -2.11. The summed E-state index contributed by atoms with van der Waals surface area (Å²) in [4.78, 5) is 0. The maximum atomic E-state index is 6.02. The van der Waals surface area contributed by atoms with Gasteiger partial charge in [0, 0.05) is 10.5 Å². The van der Waals surface area contributed by atoms with Crippen molar-refractivity contribution in [2.45, 2.75) is 0 Å². The van der Waals surface area contributed by atoms with Gasteiger partial charge in [0.2, 0.25) is 0 Å². The molecule has 2 aromatic carbocycles. The van der Waals surface area contributed by atoms with Gasteiger partial charge in [-0.15, -0.1) is 0 Å². The predicted octanol–water partition coefficient (Wildman–Crippen LogP) is 5.78. The third kappa shape index (κ3) is 3.04. The molecular weight excluding hydrogens is 360 g/mol. The first kappa shape index (κ1) is 13.8. The van der Waals surface area contributed by atoms with Gasteiger partial charge in [-0.2, -0.15) is 0 Å². The van der Waals surface area contributed by atoms with Crippen LogP contribution in [0.3, 0.4) is 0 Å². The van der Waals surface area contributed by atoms with Crippen molar-refractivity contribution in [3.63, 3.8) is 0 Å². The Kier molecular flexibility index (Phi) is 4.28. The molecule has 2 nitrogen and oxygen atoms in total. The molecule has 0 aliphatic heterocycles. The monoisotopic (exact) mass is 365 g/mol. The molecule has 0 unspecified atom stereocenters. The Morgan fingerprint density at radius 3 is 2.28 bits per heavy atom. The normalized spacial score (nSPS) is 10.4. The van der Waals surface area contributed by atoms with Crippen LogP contribution in [-0.2, 0) is 0 Å². The van der Waals surface area contributed by atoms with E-state index in [9.17, 15) is 0 Å². The highest BCUT2D eigenvalue weighted by atomic mass is 79.9. The van der Waals surface area contributed by atoms with Crippen LogP contribution in [0.1, 0.15) is 0 Å². The van der Waals surface area contributed by atoms with Gasteiger partial charge in [0.15, 0.2) is 5.75 Å². The highest BCUT2D eigenvalue weighted by molar-refractivity contribution is 9.10. The number of hydrogen-bond acceptors (Lipinski definition) is 2. The summed E-state index contributed by atoms with van der Waals surface area (Å²) in [5.74, 6) is 0.889. The van der Waals surface area contributed by atoms with Gasteiger partial charge in [-0.25, -0.2) is 0 Å². The van der Waals surface area contributed by atoms with Crippen molar-refractivity contribution in [2.75, 3.05) is 5.73 Å². The molecular formula is C12H7BrCl3NO. The zero-order valence-electron chi connectivity index (χ0n) is 8.88. The number of benzene rings is 2. The van der Waals surface area contributed by atoms with Gasteiger partial charge in [0.05, 0.1) is 20.8 Å². The summed E-state index contributed by atoms with van der Waals surface area (Å²) in [6.07, 6.45) is 0. The molecule has 2 aromatic rings. The minimum Gasteiger partial charge on any atom is -0.454 e. The van der Waals surface area contributed by atoms with Crippen LogP contribution in [0.15, 0.2) is 34.8 Å². The van der Waals surface area contributed by atoms with Crippen molar-refractivity contribution in [1.82, 2.24) is 0 Å². The Morgan fingerprint density at radius 2 is 1.56 bits per heavy atom. The second-order valence-electron chi connectivity index (χ2n) is 3.48. The Bertz CT molecular complexity index is 604. The third-order valence-electron chi connectivity index (χ3n) is 2.17. The molecule has 0 aromatic heterocycles. The van der Waals surface area contributed by atoms with Gasteiger partial charge >= 0.3 is 0 Å². The van der Waals surface area contributed by atoms with E-state index in [1.165, 1.54) is 6.07 Å². The largest absolute Gasteiger partial charge is 0.454 e. The summed E-state index contributed by atoms with van der Waals surface area (Å²) < 4.78 is 6.47. The molecule has 0 spiro atoms. The van der Waals surface area contributed by atoms with Gasteiger partial charge in [-0.1, -0.05) is 50.7 Å². The van der Waals surface area contributed by atoms with Crippen LogP contribution >= 0.6 is 50.7 Å². The summed E-state index contributed by atoms with van der Waals surface area (Å²) in [5, 5.41) is 1.22. The lowest BCUT2D eigenvalue weighted by molar-refractivity contribution is 0.485. The van der Waals surface area contributed by atoms with Gasteiger partial charge in [-0.3, -0.25) is 0 Å². The van der Waals surface area contributed by atoms with Crippen LogP contribution in [0, 0.1) is 0 Å². The molecule has 18 heavy (non-hydrogen) atoms. The second-order valence-corrected chi connectivity index (χ2v) is 5.62. The van der Waals surface area contributed by atoms with Gasteiger partial charge in [0.1, 0.15) is 5.75 Å². The molecule has 94 valence electrons. The Hall–Kier alpha value is -0.610. The van der Waals surface area contributed by atoms with E-state index in [-0.39, 0.29) is 0 Å². The lowest BCUT2D eigenvalue weighted by atomic mass is 10.3. The number of hydrogen-bond donors (Lipinski definition) is 1. The van der Waals surface area contributed by atoms with Crippen molar-refractivity contribution in [1.29, 1.82) is 0 Å². The fourth-order valence-electron chi connectivity index (χ4n) is 1.31. The molecule has 0 saturated heterocycles. The number of rotatable bonds is 2. The molecule has 0 atom stereocenters. The minimum atomic E-state index is 0.368. The highest BCUT2D eigenvalue weighted by Crippen LogP contribution is 2.38. The zero-order chi connectivity index (χ0) is 13.3. The van der Waals surface area contributed by atoms with Crippen molar-refractivity contribution in [3.8, 4) is 11.5 Å². The average Bonchev–Trinajstić information content (AvgIpc) is 2.30. The third-order valence-corrected chi connectivity index (χ3v) is 3.69. The van der Waals surface area contributed by atoms with E-state index in [2.05, 4.69) is 15.9 Å². The van der Waals surface area contributed by atoms with Gasteiger partial charge in [0.25, 0.3) is 0 Å². The molecule has 0 saturated carbocycles. The van der Waals surface area contributed by atoms with E-state index in [0.717, 1.165) is 4.47 Å². The van der Waals surface area contributed by atoms with E-state index in [1.54, 1.807) is 18.2 Å². The topological polar surface area (TPSA) is 35.2 Å². The fraction of sp³-hybridized carbons (Fsp3) is 0. The maximum absolute atomic E-state index is 6.02. The van der Waals surface area contributed by atoms with E-state index in [4.69, 9.17) is 45.3 Å². The summed E-state index contributed by atoms with van der Waals surface area (Å²) in [6.45, 7) is 0. The molecule has 0 heterocycles. The molecule has 2 N–H and O–H groups in total. The fourth-order valence-corrected chi connectivity index (χ4v) is 2.13. The molecule has 0 aliphatic rings.